The van der Waals surface area contributed by atoms with Crippen molar-refractivity contribution < 1.29 is 24.2 Å². The predicted octanol–water partition coefficient (Wildman–Crippen LogP) is 2.93. The third-order valence-electron chi connectivity index (χ3n) is 7.39. The highest BCUT2D eigenvalue weighted by Gasteiger charge is 2.53. The number of hydrogen-bond donors (Lipinski definition) is 1. The first kappa shape index (κ1) is 24.5. The Morgan fingerprint density at radius 2 is 1.72 bits per heavy atom. The van der Waals surface area contributed by atoms with Gasteiger partial charge in [-0.15, -0.1) is 0 Å². The molecule has 0 bridgehead atoms. The summed E-state index contributed by atoms with van der Waals surface area (Å²) in [6.45, 7) is 1.95. The lowest BCUT2D eigenvalue weighted by Crippen LogP contribution is -2.61. The molecule has 36 heavy (non-hydrogen) atoms. The number of imide groups is 1. The van der Waals surface area contributed by atoms with Crippen molar-refractivity contribution >= 4 is 11.8 Å². The molecule has 2 aromatic carbocycles. The second-order valence-corrected chi connectivity index (χ2v) is 9.61. The Balaban J connectivity index is 1.45. The van der Waals surface area contributed by atoms with E-state index >= 15 is 0 Å². The largest absolute Gasteiger partial charge is 0.493 e. The van der Waals surface area contributed by atoms with Crippen molar-refractivity contribution in [2.45, 2.75) is 44.1 Å². The number of benzene rings is 2. The molecule has 0 saturated carbocycles. The number of rotatable bonds is 7. The summed E-state index contributed by atoms with van der Waals surface area (Å²) in [5.41, 5.74) is 1.68. The normalized spacial score (nSPS) is 25.6. The number of ether oxygens (including phenoxy) is 2. The zero-order valence-corrected chi connectivity index (χ0v) is 20.7. The third kappa shape index (κ3) is 4.52. The molecule has 4 unspecified atom stereocenters. The van der Waals surface area contributed by atoms with Crippen molar-refractivity contribution in [1.29, 1.82) is 0 Å². The number of methoxy groups -OCH3 is 1. The van der Waals surface area contributed by atoms with Crippen LogP contribution in [0.25, 0.3) is 0 Å². The Labute approximate surface area is 211 Å². The van der Waals surface area contributed by atoms with Gasteiger partial charge in [0.25, 0.3) is 0 Å². The fraction of sp³-hybridized carbons (Fsp3) is 0.429. The highest BCUT2D eigenvalue weighted by molar-refractivity contribution is 6.07. The average Bonchev–Trinajstić information content (AvgIpc) is 3.15. The van der Waals surface area contributed by atoms with Gasteiger partial charge in [0.1, 0.15) is 12.6 Å². The first-order valence-corrected chi connectivity index (χ1v) is 12.5. The summed E-state index contributed by atoms with van der Waals surface area (Å²) in [4.78, 5) is 27.1. The summed E-state index contributed by atoms with van der Waals surface area (Å²) in [7, 11) is 3.12. The van der Waals surface area contributed by atoms with Gasteiger partial charge >= 0.3 is 0 Å². The lowest BCUT2D eigenvalue weighted by molar-refractivity contribution is -0.155. The van der Waals surface area contributed by atoms with Crippen LogP contribution in [0.4, 0.5) is 0 Å². The third-order valence-corrected chi connectivity index (χ3v) is 7.39. The number of fused-ring (bicyclic) bond motifs is 1. The smallest absolute Gasteiger partial charge is 0.248 e. The maximum Gasteiger partial charge on any atom is 0.248 e. The monoisotopic (exact) mass is 491 g/mol. The van der Waals surface area contributed by atoms with E-state index in [1.165, 1.54) is 11.9 Å². The Hall–Kier alpha value is -3.20. The molecule has 1 N–H and O–H groups in total. The van der Waals surface area contributed by atoms with E-state index in [0.717, 1.165) is 37.9 Å². The van der Waals surface area contributed by atoms with Gasteiger partial charge in [0.15, 0.2) is 11.5 Å². The molecule has 3 heterocycles. The van der Waals surface area contributed by atoms with Crippen molar-refractivity contribution in [2.75, 3.05) is 27.2 Å². The maximum atomic E-state index is 13.1. The molecule has 0 radical (unpaired) electrons. The molecule has 8 nitrogen and oxygen atoms in total. The van der Waals surface area contributed by atoms with E-state index in [4.69, 9.17) is 9.47 Å². The molecular formula is C28H33N3O5. The molecule has 0 aromatic heterocycles. The SMILES string of the molecule is COc1ccc(C(O)C2C=CC3C(=O)N(C)C(=O)C3N2N2CCCCC2)cc1OCc1ccccc1. The second kappa shape index (κ2) is 10.4. The first-order valence-electron chi connectivity index (χ1n) is 12.5. The molecule has 2 aromatic rings. The van der Waals surface area contributed by atoms with Gasteiger partial charge in [-0.05, 0) is 36.1 Å². The quantitative estimate of drug-likeness (QED) is 0.471. The molecule has 190 valence electrons. The Morgan fingerprint density at radius 1 is 0.972 bits per heavy atom. The Kier molecular flexibility index (Phi) is 7.09. The molecule has 0 aliphatic carbocycles. The van der Waals surface area contributed by atoms with Gasteiger partial charge in [-0.25, -0.2) is 10.0 Å². The fourth-order valence-corrected chi connectivity index (χ4v) is 5.44. The van der Waals surface area contributed by atoms with Gasteiger partial charge < -0.3 is 14.6 Å². The minimum absolute atomic E-state index is 0.197. The van der Waals surface area contributed by atoms with Crippen LogP contribution in [0.3, 0.4) is 0 Å². The van der Waals surface area contributed by atoms with Crippen molar-refractivity contribution in [1.82, 2.24) is 14.9 Å². The van der Waals surface area contributed by atoms with Crippen LogP contribution in [0.2, 0.25) is 0 Å². The highest BCUT2D eigenvalue weighted by Crippen LogP contribution is 2.39. The summed E-state index contributed by atoms with van der Waals surface area (Å²) in [6, 6.07) is 14.1. The lowest BCUT2D eigenvalue weighted by Gasteiger charge is -2.47. The van der Waals surface area contributed by atoms with E-state index in [-0.39, 0.29) is 11.8 Å². The number of aliphatic hydroxyl groups is 1. The Morgan fingerprint density at radius 3 is 2.44 bits per heavy atom. The van der Waals surface area contributed by atoms with Crippen LogP contribution < -0.4 is 9.47 Å². The second-order valence-electron chi connectivity index (χ2n) is 9.61. The van der Waals surface area contributed by atoms with Crippen LogP contribution in [0.15, 0.2) is 60.7 Å². The van der Waals surface area contributed by atoms with E-state index in [9.17, 15) is 14.7 Å². The van der Waals surface area contributed by atoms with Crippen LogP contribution >= 0.6 is 0 Å². The zero-order valence-electron chi connectivity index (χ0n) is 20.7. The molecule has 0 spiro atoms. The van der Waals surface area contributed by atoms with Crippen LogP contribution in [0, 0.1) is 5.92 Å². The number of likely N-dealkylation sites (tertiary alicyclic amines) is 1. The van der Waals surface area contributed by atoms with E-state index in [0.29, 0.717) is 23.7 Å². The number of likely N-dealkylation sites (N-methyl/N-ethyl adjacent to an activating group) is 1. The number of piperidine rings is 1. The summed E-state index contributed by atoms with van der Waals surface area (Å²) >= 11 is 0. The average molecular weight is 492 g/mol. The molecule has 5 rings (SSSR count). The van der Waals surface area contributed by atoms with Crippen LogP contribution in [-0.2, 0) is 16.2 Å². The number of nitrogens with zero attached hydrogens (tertiary/aromatic N) is 3. The van der Waals surface area contributed by atoms with E-state index in [2.05, 4.69) is 5.01 Å². The molecule has 8 heteroatoms. The summed E-state index contributed by atoms with van der Waals surface area (Å²) < 4.78 is 11.6. The van der Waals surface area contributed by atoms with Crippen LogP contribution in [-0.4, -0.2) is 71.2 Å². The highest BCUT2D eigenvalue weighted by atomic mass is 16.5. The van der Waals surface area contributed by atoms with Gasteiger partial charge in [0.2, 0.25) is 11.8 Å². The van der Waals surface area contributed by atoms with Crippen molar-refractivity contribution in [3.63, 3.8) is 0 Å². The first-order chi connectivity index (χ1) is 17.5. The minimum atomic E-state index is -0.942. The Bertz CT molecular complexity index is 1130. The fourth-order valence-electron chi connectivity index (χ4n) is 5.44. The summed E-state index contributed by atoms with van der Waals surface area (Å²) in [6.07, 6.45) is 5.88. The van der Waals surface area contributed by atoms with Crippen molar-refractivity contribution in [3.05, 3.63) is 71.8 Å². The van der Waals surface area contributed by atoms with E-state index < -0.39 is 24.1 Å². The minimum Gasteiger partial charge on any atom is -0.493 e. The molecule has 3 aliphatic heterocycles. The molecule has 2 fully saturated rings. The van der Waals surface area contributed by atoms with Gasteiger partial charge in [-0.3, -0.25) is 14.5 Å². The number of carbonyl (C=O) groups is 2. The number of hydrazine groups is 1. The van der Waals surface area contributed by atoms with Crippen molar-refractivity contribution in [2.24, 2.45) is 5.92 Å². The predicted molar refractivity (Wildman–Crippen MR) is 134 cm³/mol. The molecule has 2 amide bonds. The molecule has 3 aliphatic rings. The van der Waals surface area contributed by atoms with E-state index in [1.54, 1.807) is 25.3 Å². The van der Waals surface area contributed by atoms with Gasteiger partial charge in [0.05, 0.1) is 25.2 Å². The summed E-state index contributed by atoms with van der Waals surface area (Å²) in [5, 5.41) is 15.7. The number of hydrogen-bond acceptors (Lipinski definition) is 7. The lowest BCUT2D eigenvalue weighted by atomic mass is 9.90. The molecule has 4 atom stereocenters. The number of carbonyl (C=O) groups excluding carboxylic acids is 2. The topological polar surface area (TPSA) is 82.5 Å². The molecular weight excluding hydrogens is 458 g/mol. The van der Waals surface area contributed by atoms with E-state index in [1.807, 2.05) is 47.5 Å². The zero-order chi connectivity index (χ0) is 25.2. The van der Waals surface area contributed by atoms with Gasteiger partial charge in [-0.1, -0.05) is 55.0 Å². The summed E-state index contributed by atoms with van der Waals surface area (Å²) in [5.74, 6) is 0.156. The number of aliphatic hydroxyl groups excluding tert-OH is 1. The number of amides is 2. The van der Waals surface area contributed by atoms with Crippen LogP contribution in [0.1, 0.15) is 36.5 Å². The van der Waals surface area contributed by atoms with Crippen LogP contribution in [0.5, 0.6) is 11.5 Å². The standard InChI is InChI=1S/C28H33N3O5/c1-29-27(33)21-12-13-22(31(25(21)28(29)34)30-15-7-4-8-16-30)26(32)20-11-14-23(35-2)24(17-20)36-18-19-9-5-3-6-10-19/h3,5-6,9-14,17,21-22,25-26,32H,4,7-8,15-16,18H2,1-2H3. The van der Waals surface area contributed by atoms with Crippen molar-refractivity contribution in [3.8, 4) is 11.5 Å². The van der Waals surface area contributed by atoms with Gasteiger partial charge in [0, 0.05) is 20.1 Å². The van der Waals surface area contributed by atoms with Gasteiger partial charge in [-0.2, -0.15) is 0 Å². The molecule has 2 saturated heterocycles. The maximum absolute atomic E-state index is 13.1.